The Morgan fingerprint density at radius 3 is 2.11 bits per heavy atom. The fourth-order valence-corrected chi connectivity index (χ4v) is 0.642. The van der Waals surface area contributed by atoms with E-state index >= 15 is 0 Å². The second-order valence-corrected chi connectivity index (χ2v) is 2.57. The molecule has 1 atom stereocenters. The second-order valence-electron chi connectivity index (χ2n) is 1.29. The van der Waals surface area contributed by atoms with E-state index in [2.05, 4.69) is 0 Å². The Balaban J connectivity index is 0. The Hall–Kier alpha value is -0.380. The van der Waals surface area contributed by atoms with E-state index in [9.17, 15) is 9.36 Å². The fraction of sp³-hybridized carbons (Fsp3) is 0.667. The molecule has 1 unspecified atom stereocenters. The van der Waals surface area contributed by atoms with Gasteiger partial charge >= 0.3 is 5.97 Å². The lowest BCUT2D eigenvalue weighted by Crippen LogP contribution is -1.95. The van der Waals surface area contributed by atoms with Crippen LogP contribution in [0.2, 0.25) is 0 Å². The lowest BCUT2D eigenvalue weighted by Gasteiger charge is -1.86. The number of hydrogen-bond acceptors (Lipinski definition) is 2. The van der Waals surface area contributed by atoms with Crippen LogP contribution in [-0.4, -0.2) is 27.6 Å². The normalized spacial score (nSPS) is 11.7. The first-order chi connectivity index (χ1) is 3.63. The van der Waals surface area contributed by atoms with Gasteiger partial charge in [-0.2, -0.15) is 0 Å². The van der Waals surface area contributed by atoms with Crippen LogP contribution in [0, 0.1) is 0 Å². The molecule has 0 spiro atoms. The van der Waals surface area contributed by atoms with Crippen LogP contribution >= 0.6 is 8.03 Å². The summed E-state index contributed by atoms with van der Waals surface area (Å²) in [7, 11) is -2.56. The fourth-order valence-electron chi connectivity index (χ4n) is 0.214. The number of carboxylic acid groups (broad SMARTS) is 1. The third kappa shape index (κ3) is 11.3. The average molecular weight is 156 g/mol. The molecule has 0 saturated heterocycles. The number of aliphatic carboxylic acids is 1. The molecule has 5 nitrogen and oxygen atoms in total. The lowest BCUT2D eigenvalue weighted by atomic mass is 10.5. The first-order valence-corrected chi connectivity index (χ1v) is 3.63. The van der Waals surface area contributed by atoms with Crippen LogP contribution in [0.3, 0.4) is 0 Å². The molecule has 9 heavy (non-hydrogen) atoms. The van der Waals surface area contributed by atoms with E-state index in [1.165, 1.54) is 0 Å². The summed E-state index contributed by atoms with van der Waals surface area (Å²) in [6, 6.07) is 0. The van der Waals surface area contributed by atoms with Crippen molar-refractivity contribution in [3.63, 3.8) is 0 Å². The van der Waals surface area contributed by atoms with Gasteiger partial charge in [0.25, 0.3) is 0 Å². The molecule has 0 aliphatic carbocycles. The van der Waals surface area contributed by atoms with E-state index in [1.54, 1.807) is 0 Å². The predicted octanol–water partition coefficient (Wildman–Crippen LogP) is -0.897. The molecule has 0 saturated carbocycles. The molecule has 0 aromatic heterocycles. The van der Waals surface area contributed by atoms with E-state index in [4.69, 9.17) is 10.00 Å². The molecule has 56 valence electrons. The SMILES string of the molecule is O.O=C(O)CC[PH](=O)O. The van der Waals surface area contributed by atoms with Gasteiger partial charge in [0.05, 0.1) is 6.42 Å². The minimum absolute atomic E-state index is 0. The maximum absolute atomic E-state index is 9.83. The molecule has 0 fully saturated rings. The maximum atomic E-state index is 9.83. The zero-order valence-electron chi connectivity index (χ0n) is 4.63. The quantitative estimate of drug-likeness (QED) is 0.516. The summed E-state index contributed by atoms with van der Waals surface area (Å²) in [5.41, 5.74) is 0. The number of rotatable bonds is 3. The molecular formula is C3H9O5P. The highest BCUT2D eigenvalue weighted by Crippen LogP contribution is 2.12. The monoisotopic (exact) mass is 156 g/mol. The molecule has 0 aliphatic rings. The van der Waals surface area contributed by atoms with Gasteiger partial charge in [-0.3, -0.25) is 9.36 Å². The molecule has 0 amide bonds. The zero-order valence-corrected chi connectivity index (χ0v) is 5.63. The molecule has 0 rings (SSSR count). The Labute approximate surface area is 52.5 Å². The van der Waals surface area contributed by atoms with Crippen molar-refractivity contribution in [1.29, 1.82) is 0 Å². The van der Waals surface area contributed by atoms with Gasteiger partial charge in [0.15, 0.2) is 8.03 Å². The van der Waals surface area contributed by atoms with Crippen molar-refractivity contribution >= 4 is 14.0 Å². The van der Waals surface area contributed by atoms with Crippen molar-refractivity contribution in [2.45, 2.75) is 6.42 Å². The van der Waals surface area contributed by atoms with Gasteiger partial charge in [0.1, 0.15) is 0 Å². The molecule has 6 heteroatoms. The second kappa shape index (κ2) is 5.75. The van der Waals surface area contributed by atoms with Crippen LogP contribution < -0.4 is 0 Å². The largest absolute Gasteiger partial charge is 0.481 e. The first-order valence-electron chi connectivity index (χ1n) is 2.06. The number of carboxylic acids is 1. The van der Waals surface area contributed by atoms with Crippen LogP contribution in [0.25, 0.3) is 0 Å². The van der Waals surface area contributed by atoms with Gasteiger partial charge < -0.3 is 15.5 Å². The molecule has 0 bridgehead atoms. The zero-order chi connectivity index (χ0) is 6.57. The van der Waals surface area contributed by atoms with Crippen molar-refractivity contribution in [2.24, 2.45) is 0 Å². The van der Waals surface area contributed by atoms with Gasteiger partial charge in [-0.25, -0.2) is 0 Å². The Bertz CT molecular complexity index is 96.8. The summed E-state index contributed by atoms with van der Waals surface area (Å²) in [4.78, 5) is 17.8. The van der Waals surface area contributed by atoms with Gasteiger partial charge in [0.2, 0.25) is 0 Å². The van der Waals surface area contributed by atoms with Crippen molar-refractivity contribution < 1.29 is 24.8 Å². The van der Waals surface area contributed by atoms with E-state index < -0.39 is 14.0 Å². The summed E-state index contributed by atoms with van der Waals surface area (Å²) in [6.45, 7) is 0. The van der Waals surface area contributed by atoms with Crippen LogP contribution in [0.5, 0.6) is 0 Å². The van der Waals surface area contributed by atoms with Gasteiger partial charge in [-0.15, -0.1) is 0 Å². The molecule has 0 heterocycles. The minimum atomic E-state index is -2.56. The van der Waals surface area contributed by atoms with E-state index in [1.807, 2.05) is 0 Å². The molecule has 0 aromatic carbocycles. The minimum Gasteiger partial charge on any atom is -0.481 e. The predicted molar refractivity (Wildman–Crippen MR) is 32.0 cm³/mol. The third-order valence-corrected chi connectivity index (χ3v) is 1.23. The highest BCUT2D eigenvalue weighted by atomic mass is 31.1. The topological polar surface area (TPSA) is 106 Å². The number of hydrogen-bond donors (Lipinski definition) is 2. The Kier molecular flexibility index (Phi) is 7.30. The summed E-state index contributed by atoms with van der Waals surface area (Å²) >= 11 is 0. The summed E-state index contributed by atoms with van der Waals surface area (Å²) in [6.07, 6.45) is -0.325. The molecule has 4 N–H and O–H groups in total. The third-order valence-electron chi connectivity index (χ3n) is 0.553. The first kappa shape index (κ1) is 11.4. The van der Waals surface area contributed by atoms with Crippen LogP contribution in [0.4, 0.5) is 0 Å². The highest BCUT2D eigenvalue weighted by molar-refractivity contribution is 7.38. The van der Waals surface area contributed by atoms with Gasteiger partial charge in [-0.05, 0) is 0 Å². The van der Waals surface area contributed by atoms with Crippen LogP contribution in [-0.2, 0) is 9.36 Å². The standard InChI is InChI=1S/C3H7O4P.H2O/c4-3(5)1-2-8(6)7;/h8H,1-2H2,(H,4,5)(H,6,7);1H2. The van der Waals surface area contributed by atoms with Crippen LogP contribution in [0.15, 0.2) is 0 Å². The van der Waals surface area contributed by atoms with E-state index in [0.717, 1.165) is 0 Å². The average Bonchev–Trinajstić information content (AvgIpc) is 1.61. The van der Waals surface area contributed by atoms with E-state index in [0.29, 0.717) is 0 Å². The molecule has 0 aliphatic heterocycles. The van der Waals surface area contributed by atoms with Crippen molar-refractivity contribution in [1.82, 2.24) is 0 Å². The maximum Gasteiger partial charge on any atom is 0.303 e. The van der Waals surface area contributed by atoms with Crippen molar-refractivity contribution in [2.75, 3.05) is 6.16 Å². The Morgan fingerprint density at radius 2 is 2.00 bits per heavy atom. The summed E-state index contributed by atoms with van der Waals surface area (Å²) in [5, 5.41) is 7.93. The lowest BCUT2D eigenvalue weighted by molar-refractivity contribution is -0.136. The molecule has 0 radical (unpaired) electrons. The molecular weight excluding hydrogens is 147 g/mol. The van der Waals surface area contributed by atoms with Crippen LogP contribution in [0.1, 0.15) is 6.42 Å². The number of carbonyl (C=O) groups is 1. The van der Waals surface area contributed by atoms with Crippen molar-refractivity contribution in [3.05, 3.63) is 0 Å². The highest BCUT2D eigenvalue weighted by Gasteiger charge is 1.97. The van der Waals surface area contributed by atoms with Gasteiger partial charge in [-0.1, -0.05) is 0 Å². The van der Waals surface area contributed by atoms with E-state index in [-0.39, 0.29) is 18.1 Å². The summed E-state index contributed by atoms with van der Waals surface area (Å²) < 4.78 is 9.83. The summed E-state index contributed by atoms with van der Waals surface area (Å²) in [5.74, 6) is -1.03. The Morgan fingerprint density at radius 1 is 1.56 bits per heavy atom. The molecule has 0 aromatic rings. The van der Waals surface area contributed by atoms with Gasteiger partial charge in [0, 0.05) is 6.16 Å². The smallest absolute Gasteiger partial charge is 0.303 e. The van der Waals surface area contributed by atoms with Crippen molar-refractivity contribution in [3.8, 4) is 0 Å².